The van der Waals surface area contributed by atoms with Crippen LogP contribution in [0.4, 0.5) is 5.69 Å². The second kappa shape index (κ2) is 8.39. The van der Waals surface area contributed by atoms with Crippen LogP contribution in [0, 0.1) is 0 Å². The van der Waals surface area contributed by atoms with Crippen LogP contribution in [0.3, 0.4) is 0 Å². The van der Waals surface area contributed by atoms with Crippen molar-refractivity contribution >= 4 is 39.9 Å². The molecule has 0 atom stereocenters. The molecule has 128 valence electrons. The number of pyridine rings is 1. The van der Waals surface area contributed by atoms with Crippen molar-refractivity contribution in [2.75, 3.05) is 22.4 Å². The summed E-state index contributed by atoms with van der Waals surface area (Å²) in [5, 5.41) is 0.365. The fraction of sp³-hybridized carbons (Fsp3) is 0.421. The molecule has 1 aromatic heterocycles. The summed E-state index contributed by atoms with van der Waals surface area (Å²) in [6.45, 7) is 2.62. The van der Waals surface area contributed by atoms with E-state index in [-0.39, 0.29) is 5.56 Å². The van der Waals surface area contributed by atoms with Gasteiger partial charge in [0.2, 0.25) is 0 Å². The van der Waals surface area contributed by atoms with E-state index in [2.05, 4.69) is 57.8 Å². The number of hydrogen-bond acceptors (Lipinski definition) is 2. The fourth-order valence-electron chi connectivity index (χ4n) is 3.37. The van der Waals surface area contributed by atoms with Crippen molar-refractivity contribution in [3.05, 3.63) is 63.5 Å². The van der Waals surface area contributed by atoms with E-state index in [0.29, 0.717) is 10.9 Å². The minimum atomic E-state index is -0.0656. The molecular weight excluding hydrogens is 435 g/mol. The highest BCUT2D eigenvalue weighted by atomic mass is 127. The van der Waals surface area contributed by atoms with Gasteiger partial charge < -0.3 is 9.47 Å². The van der Waals surface area contributed by atoms with Crippen molar-refractivity contribution in [3.8, 4) is 0 Å². The Morgan fingerprint density at radius 3 is 2.50 bits per heavy atom. The van der Waals surface area contributed by atoms with Crippen molar-refractivity contribution in [2.24, 2.45) is 0 Å². The van der Waals surface area contributed by atoms with Crippen LogP contribution in [0.15, 0.2) is 47.4 Å². The lowest BCUT2D eigenvalue weighted by Gasteiger charge is -2.34. The maximum atomic E-state index is 12.4. The molecule has 2 aromatic rings. The van der Waals surface area contributed by atoms with Gasteiger partial charge in [0.15, 0.2) is 0 Å². The molecule has 3 rings (SSSR count). The Labute approximate surface area is 161 Å². The van der Waals surface area contributed by atoms with Crippen LogP contribution < -0.4 is 10.5 Å². The second-order valence-electron chi connectivity index (χ2n) is 6.23. The van der Waals surface area contributed by atoms with Crippen LogP contribution in [-0.4, -0.2) is 22.1 Å². The largest absolute Gasteiger partial charge is 0.370 e. The Bertz CT molecular complexity index is 724. The molecule has 0 saturated carbocycles. The number of aromatic nitrogens is 1. The molecule has 1 aliphatic heterocycles. The number of benzene rings is 1. The highest BCUT2D eigenvalue weighted by Gasteiger charge is 2.23. The lowest BCUT2D eigenvalue weighted by Crippen LogP contribution is -2.34. The van der Waals surface area contributed by atoms with Gasteiger partial charge in [0.1, 0.15) is 5.02 Å². The first-order valence-electron chi connectivity index (χ1n) is 8.45. The lowest BCUT2D eigenvalue weighted by molar-refractivity contribution is 0.505. The number of alkyl halides is 1. The number of piperidine rings is 1. The first-order chi connectivity index (χ1) is 11.7. The van der Waals surface area contributed by atoms with Crippen LogP contribution in [0.5, 0.6) is 0 Å². The van der Waals surface area contributed by atoms with Crippen LogP contribution >= 0.6 is 34.2 Å². The number of halogens is 2. The standard InChI is InChI=1S/C19H22ClIN2O/c20-18-17(9-14-23(19(18)24)11-4-10-21)22-12-7-16(8-13-22)15-5-2-1-3-6-15/h1-3,5-6,9,14,16H,4,7-8,10-13H2. The Morgan fingerprint density at radius 2 is 1.83 bits per heavy atom. The van der Waals surface area contributed by atoms with Gasteiger partial charge in [0, 0.05) is 30.3 Å². The van der Waals surface area contributed by atoms with E-state index in [9.17, 15) is 4.79 Å². The lowest BCUT2D eigenvalue weighted by atomic mass is 9.89. The summed E-state index contributed by atoms with van der Waals surface area (Å²) in [5.41, 5.74) is 2.24. The molecule has 0 spiro atoms. The third-order valence-electron chi connectivity index (χ3n) is 4.73. The predicted octanol–water partition coefficient (Wildman–Crippen LogP) is 4.71. The molecule has 0 unspecified atom stereocenters. The molecule has 5 heteroatoms. The van der Waals surface area contributed by atoms with Gasteiger partial charge in [0.05, 0.1) is 5.69 Å². The Kier molecular flexibility index (Phi) is 6.22. The molecule has 2 heterocycles. The Morgan fingerprint density at radius 1 is 1.12 bits per heavy atom. The van der Waals surface area contributed by atoms with Crippen molar-refractivity contribution < 1.29 is 0 Å². The van der Waals surface area contributed by atoms with Gasteiger partial charge in [-0.05, 0) is 36.8 Å². The van der Waals surface area contributed by atoms with Gasteiger partial charge in [-0.2, -0.15) is 0 Å². The van der Waals surface area contributed by atoms with E-state index in [1.165, 1.54) is 5.56 Å². The average Bonchev–Trinajstić information content (AvgIpc) is 2.64. The zero-order valence-electron chi connectivity index (χ0n) is 13.6. The summed E-state index contributed by atoms with van der Waals surface area (Å²) < 4.78 is 2.76. The van der Waals surface area contributed by atoms with Crippen LogP contribution in [-0.2, 0) is 6.54 Å². The molecule has 0 aliphatic carbocycles. The quantitative estimate of drug-likeness (QED) is 0.481. The minimum absolute atomic E-state index is 0.0656. The zero-order chi connectivity index (χ0) is 16.9. The van der Waals surface area contributed by atoms with Crippen molar-refractivity contribution in [1.82, 2.24) is 4.57 Å². The maximum absolute atomic E-state index is 12.4. The first kappa shape index (κ1) is 17.8. The Balaban J connectivity index is 1.70. The van der Waals surface area contributed by atoms with E-state index in [1.807, 2.05) is 12.3 Å². The van der Waals surface area contributed by atoms with E-state index in [4.69, 9.17) is 11.6 Å². The number of hydrogen-bond donors (Lipinski definition) is 0. The molecule has 1 fully saturated rings. The van der Waals surface area contributed by atoms with Crippen molar-refractivity contribution in [1.29, 1.82) is 0 Å². The molecule has 24 heavy (non-hydrogen) atoms. The SMILES string of the molecule is O=c1c(Cl)c(N2CCC(c3ccccc3)CC2)ccn1CCCI. The van der Waals surface area contributed by atoms with Crippen molar-refractivity contribution in [3.63, 3.8) is 0 Å². The van der Waals surface area contributed by atoms with Crippen molar-refractivity contribution in [2.45, 2.75) is 31.7 Å². The first-order valence-corrected chi connectivity index (χ1v) is 10.4. The van der Waals surface area contributed by atoms with Gasteiger partial charge >= 0.3 is 0 Å². The molecule has 1 aromatic carbocycles. The van der Waals surface area contributed by atoms with Gasteiger partial charge in [-0.3, -0.25) is 4.79 Å². The van der Waals surface area contributed by atoms with E-state index < -0.39 is 0 Å². The molecule has 0 bridgehead atoms. The van der Waals surface area contributed by atoms with E-state index in [0.717, 1.165) is 49.0 Å². The van der Waals surface area contributed by atoms with Gasteiger partial charge in [0.25, 0.3) is 5.56 Å². The summed E-state index contributed by atoms with van der Waals surface area (Å²) in [4.78, 5) is 14.7. The van der Waals surface area contributed by atoms with Crippen LogP contribution in [0.25, 0.3) is 0 Å². The normalized spacial score (nSPS) is 15.7. The summed E-state index contributed by atoms with van der Waals surface area (Å²) >= 11 is 8.71. The average molecular weight is 457 g/mol. The second-order valence-corrected chi connectivity index (χ2v) is 7.68. The molecule has 1 aliphatic rings. The summed E-state index contributed by atoms with van der Waals surface area (Å²) in [7, 11) is 0. The molecule has 0 N–H and O–H groups in total. The molecular formula is C19H22ClIN2O. The minimum Gasteiger partial charge on any atom is -0.370 e. The predicted molar refractivity (Wildman–Crippen MR) is 110 cm³/mol. The highest BCUT2D eigenvalue weighted by molar-refractivity contribution is 14.1. The number of anilines is 1. The Hall–Kier alpha value is -1.01. The van der Waals surface area contributed by atoms with E-state index >= 15 is 0 Å². The summed E-state index contributed by atoms with van der Waals surface area (Å²) in [6, 6.07) is 12.7. The third-order valence-corrected chi connectivity index (χ3v) is 5.84. The van der Waals surface area contributed by atoms with Gasteiger partial charge in [-0.15, -0.1) is 0 Å². The highest BCUT2D eigenvalue weighted by Crippen LogP contribution is 2.32. The number of nitrogens with zero attached hydrogens (tertiary/aromatic N) is 2. The molecule has 3 nitrogen and oxygen atoms in total. The number of rotatable bonds is 5. The summed E-state index contributed by atoms with van der Waals surface area (Å²) in [5.74, 6) is 0.602. The van der Waals surface area contributed by atoms with Gasteiger partial charge in [-0.1, -0.05) is 64.5 Å². The smallest absolute Gasteiger partial charge is 0.271 e. The summed E-state index contributed by atoms with van der Waals surface area (Å²) in [6.07, 6.45) is 5.06. The van der Waals surface area contributed by atoms with Crippen LogP contribution in [0.2, 0.25) is 5.02 Å². The van der Waals surface area contributed by atoms with Gasteiger partial charge in [-0.25, -0.2) is 0 Å². The molecule has 1 saturated heterocycles. The maximum Gasteiger partial charge on any atom is 0.271 e. The van der Waals surface area contributed by atoms with Crippen LogP contribution in [0.1, 0.15) is 30.7 Å². The number of aryl methyl sites for hydroxylation is 1. The molecule has 0 radical (unpaired) electrons. The molecule has 0 amide bonds. The zero-order valence-corrected chi connectivity index (χ0v) is 16.5. The fourth-order valence-corrected chi connectivity index (χ4v) is 4.00. The monoisotopic (exact) mass is 456 g/mol. The topological polar surface area (TPSA) is 25.2 Å². The van der Waals surface area contributed by atoms with E-state index in [1.54, 1.807) is 4.57 Å². The third kappa shape index (κ3) is 3.97.